The Balaban J connectivity index is 2.04. The van der Waals surface area contributed by atoms with E-state index in [1.165, 1.54) is 12.3 Å². The Hall–Kier alpha value is -2.70. The SMILES string of the molecule is C=CC(=O)N1[C@H](C)COC[C@H]1c1cc(Cl)cc(-c2ccnc(C(N)=O)c2)c1. The fraction of sp³-hybridized carbons (Fsp3) is 0.250. The largest absolute Gasteiger partial charge is 0.377 e. The fourth-order valence-corrected chi connectivity index (χ4v) is 3.51. The molecule has 1 aliphatic rings. The zero-order valence-corrected chi connectivity index (χ0v) is 15.6. The normalized spacial score (nSPS) is 19.6. The van der Waals surface area contributed by atoms with Crippen LogP contribution in [0.3, 0.4) is 0 Å². The molecule has 1 aromatic carbocycles. The Morgan fingerprint density at radius 3 is 2.78 bits per heavy atom. The molecule has 2 atom stereocenters. The van der Waals surface area contributed by atoms with Crippen LogP contribution in [0.2, 0.25) is 5.02 Å². The summed E-state index contributed by atoms with van der Waals surface area (Å²) in [6.45, 7) is 6.37. The molecule has 0 unspecified atom stereocenters. The number of carbonyl (C=O) groups excluding carboxylic acids is 2. The average Bonchev–Trinajstić information content (AvgIpc) is 2.66. The molecule has 140 valence electrons. The molecule has 3 rings (SSSR count). The van der Waals surface area contributed by atoms with Crippen molar-refractivity contribution in [3.05, 3.63) is 65.5 Å². The highest BCUT2D eigenvalue weighted by Gasteiger charge is 2.32. The summed E-state index contributed by atoms with van der Waals surface area (Å²) in [7, 11) is 0. The third-order valence-corrected chi connectivity index (χ3v) is 4.74. The Morgan fingerprint density at radius 1 is 1.30 bits per heavy atom. The van der Waals surface area contributed by atoms with Gasteiger partial charge in [0.1, 0.15) is 5.69 Å². The highest BCUT2D eigenvalue weighted by atomic mass is 35.5. The first-order valence-electron chi connectivity index (χ1n) is 8.50. The maximum absolute atomic E-state index is 12.4. The number of ether oxygens (including phenoxy) is 1. The van der Waals surface area contributed by atoms with Crippen LogP contribution in [0.4, 0.5) is 0 Å². The van der Waals surface area contributed by atoms with Crippen LogP contribution in [0.5, 0.6) is 0 Å². The van der Waals surface area contributed by atoms with Gasteiger partial charge in [-0.2, -0.15) is 0 Å². The van der Waals surface area contributed by atoms with E-state index in [0.29, 0.717) is 18.2 Å². The van der Waals surface area contributed by atoms with Crippen LogP contribution >= 0.6 is 11.6 Å². The van der Waals surface area contributed by atoms with Crippen molar-refractivity contribution >= 4 is 23.4 Å². The lowest BCUT2D eigenvalue weighted by Gasteiger charge is -2.40. The van der Waals surface area contributed by atoms with Crippen LogP contribution < -0.4 is 5.73 Å². The number of aromatic nitrogens is 1. The average molecular weight is 386 g/mol. The molecule has 2 N–H and O–H groups in total. The van der Waals surface area contributed by atoms with Crippen molar-refractivity contribution in [3.8, 4) is 11.1 Å². The molecule has 0 spiro atoms. The number of nitrogens with two attached hydrogens (primary N) is 1. The minimum atomic E-state index is -0.601. The van der Waals surface area contributed by atoms with Gasteiger partial charge in [-0.1, -0.05) is 18.2 Å². The van der Waals surface area contributed by atoms with Gasteiger partial charge in [-0.3, -0.25) is 14.6 Å². The lowest BCUT2D eigenvalue weighted by molar-refractivity contribution is -0.140. The van der Waals surface area contributed by atoms with E-state index in [2.05, 4.69) is 11.6 Å². The van der Waals surface area contributed by atoms with E-state index in [1.54, 1.807) is 23.1 Å². The highest BCUT2D eigenvalue weighted by Crippen LogP contribution is 2.33. The van der Waals surface area contributed by atoms with Gasteiger partial charge in [0.2, 0.25) is 5.91 Å². The molecule has 6 nitrogen and oxygen atoms in total. The van der Waals surface area contributed by atoms with Gasteiger partial charge in [-0.15, -0.1) is 0 Å². The summed E-state index contributed by atoms with van der Waals surface area (Å²) in [5, 5.41) is 0.518. The predicted octanol–water partition coefficient (Wildman–Crippen LogP) is 2.98. The number of carbonyl (C=O) groups is 2. The van der Waals surface area contributed by atoms with Crippen molar-refractivity contribution in [2.45, 2.75) is 19.0 Å². The third-order valence-electron chi connectivity index (χ3n) is 4.53. The zero-order valence-electron chi connectivity index (χ0n) is 14.9. The van der Waals surface area contributed by atoms with Crippen LogP contribution in [0.1, 0.15) is 29.0 Å². The molecule has 0 saturated carbocycles. The highest BCUT2D eigenvalue weighted by molar-refractivity contribution is 6.31. The van der Waals surface area contributed by atoms with Crippen molar-refractivity contribution in [3.63, 3.8) is 0 Å². The van der Waals surface area contributed by atoms with Crippen LogP contribution in [0, 0.1) is 0 Å². The Bertz CT molecular complexity index is 900. The van der Waals surface area contributed by atoms with E-state index in [0.717, 1.165) is 16.7 Å². The van der Waals surface area contributed by atoms with E-state index in [9.17, 15) is 9.59 Å². The summed E-state index contributed by atoms with van der Waals surface area (Å²) in [5.74, 6) is -0.756. The van der Waals surface area contributed by atoms with E-state index in [1.807, 2.05) is 19.1 Å². The third kappa shape index (κ3) is 4.02. The van der Waals surface area contributed by atoms with Crippen molar-refractivity contribution in [2.24, 2.45) is 5.73 Å². The molecule has 1 aromatic heterocycles. The Morgan fingerprint density at radius 2 is 2.07 bits per heavy atom. The van der Waals surface area contributed by atoms with E-state index in [-0.39, 0.29) is 23.7 Å². The minimum Gasteiger partial charge on any atom is -0.377 e. The van der Waals surface area contributed by atoms with Crippen LogP contribution in [-0.4, -0.2) is 41.0 Å². The van der Waals surface area contributed by atoms with E-state index >= 15 is 0 Å². The number of pyridine rings is 1. The second-order valence-electron chi connectivity index (χ2n) is 6.42. The standard InChI is InChI=1S/C20H20ClN3O3/c1-3-19(25)24-12(2)10-27-11-18(24)15-6-14(7-16(21)8-15)13-4-5-23-17(9-13)20(22)26/h3-9,12,18H,1,10-11H2,2H3,(H2,22,26)/t12-,18+/m1/s1. The summed E-state index contributed by atoms with van der Waals surface area (Å²) in [4.78, 5) is 29.5. The summed E-state index contributed by atoms with van der Waals surface area (Å²) < 4.78 is 5.67. The minimum absolute atomic E-state index is 0.0842. The molecule has 1 saturated heterocycles. The first kappa shape index (κ1) is 19.1. The number of halogens is 1. The Kier molecular flexibility index (Phi) is 5.58. The van der Waals surface area contributed by atoms with Crippen LogP contribution in [-0.2, 0) is 9.53 Å². The quantitative estimate of drug-likeness (QED) is 0.820. The summed E-state index contributed by atoms with van der Waals surface area (Å²) in [6, 6.07) is 8.56. The first-order chi connectivity index (χ1) is 12.9. The summed E-state index contributed by atoms with van der Waals surface area (Å²) in [5.41, 5.74) is 7.90. The first-order valence-corrected chi connectivity index (χ1v) is 8.87. The van der Waals surface area contributed by atoms with Gasteiger partial charge in [0.15, 0.2) is 0 Å². The van der Waals surface area contributed by atoms with Crippen molar-refractivity contribution in [1.29, 1.82) is 0 Å². The molecule has 1 aliphatic heterocycles. The number of amides is 2. The van der Waals surface area contributed by atoms with Gasteiger partial charge in [0.25, 0.3) is 5.91 Å². The van der Waals surface area contributed by atoms with Crippen LogP contribution in [0.15, 0.2) is 49.2 Å². The van der Waals surface area contributed by atoms with Gasteiger partial charge >= 0.3 is 0 Å². The number of morpholine rings is 1. The molecule has 27 heavy (non-hydrogen) atoms. The maximum Gasteiger partial charge on any atom is 0.267 e. The van der Waals surface area contributed by atoms with E-state index in [4.69, 9.17) is 22.1 Å². The molecular weight excluding hydrogens is 366 g/mol. The zero-order chi connectivity index (χ0) is 19.6. The maximum atomic E-state index is 12.4. The molecule has 0 aliphatic carbocycles. The summed E-state index contributed by atoms with van der Waals surface area (Å²) in [6.07, 6.45) is 2.83. The van der Waals surface area contributed by atoms with Gasteiger partial charge in [-0.05, 0) is 60.0 Å². The number of benzene rings is 1. The lowest BCUT2D eigenvalue weighted by atomic mass is 9.97. The Labute approximate surface area is 162 Å². The smallest absolute Gasteiger partial charge is 0.267 e. The van der Waals surface area contributed by atoms with E-state index < -0.39 is 5.91 Å². The number of hydrogen-bond donors (Lipinski definition) is 1. The molecule has 2 aromatic rings. The van der Waals surface area contributed by atoms with Gasteiger partial charge in [-0.25, -0.2) is 0 Å². The molecule has 0 radical (unpaired) electrons. The topological polar surface area (TPSA) is 85.5 Å². The van der Waals surface area contributed by atoms with Crippen molar-refractivity contribution in [2.75, 3.05) is 13.2 Å². The molecule has 2 amide bonds. The van der Waals surface area contributed by atoms with Gasteiger partial charge in [0.05, 0.1) is 25.3 Å². The number of rotatable bonds is 4. The van der Waals surface area contributed by atoms with Crippen LogP contribution in [0.25, 0.3) is 11.1 Å². The fourth-order valence-electron chi connectivity index (χ4n) is 3.27. The second-order valence-corrected chi connectivity index (χ2v) is 6.86. The lowest BCUT2D eigenvalue weighted by Crippen LogP contribution is -2.48. The number of hydrogen-bond acceptors (Lipinski definition) is 4. The van der Waals surface area contributed by atoms with Crippen molar-refractivity contribution < 1.29 is 14.3 Å². The number of nitrogens with zero attached hydrogens (tertiary/aromatic N) is 2. The molecule has 7 heteroatoms. The molecule has 1 fully saturated rings. The predicted molar refractivity (Wildman–Crippen MR) is 103 cm³/mol. The molecule has 0 bridgehead atoms. The number of primary amides is 1. The van der Waals surface area contributed by atoms with Gasteiger partial charge < -0.3 is 15.4 Å². The second kappa shape index (κ2) is 7.90. The van der Waals surface area contributed by atoms with Gasteiger partial charge in [0, 0.05) is 11.2 Å². The molecular formula is C20H20ClN3O3. The monoisotopic (exact) mass is 385 g/mol. The molecule has 2 heterocycles. The van der Waals surface area contributed by atoms with Crippen molar-refractivity contribution in [1.82, 2.24) is 9.88 Å². The summed E-state index contributed by atoms with van der Waals surface area (Å²) >= 11 is 6.35.